The van der Waals surface area contributed by atoms with Crippen LogP contribution in [-0.2, 0) is 11.2 Å². The van der Waals surface area contributed by atoms with Gasteiger partial charge in [0, 0.05) is 19.0 Å². The Bertz CT molecular complexity index is 724. The Morgan fingerprint density at radius 1 is 1.08 bits per heavy atom. The number of anilines is 1. The van der Waals surface area contributed by atoms with Crippen molar-refractivity contribution in [2.45, 2.75) is 20.3 Å². The maximum absolute atomic E-state index is 12.1. The molecule has 2 N–H and O–H groups in total. The van der Waals surface area contributed by atoms with E-state index < -0.39 is 0 Å². The van der Waals surface area contributed by atoms with E-state index in [0.717, 1.165) is 11.1 Å². The van der Waals surface area contributed by atoms with E-state index in [1.54, 1.807) is 7.11 Å². The van der Waals surface area contributed by atoms with Crippen molar-refractivity contribution in [3.63, 3.8) is 0 Å². The quantitative estimate of drug-likeness (QED) is 0.857. The molecule has 0 aliphatic rings. The number of carbonyl (C=O) groups is 2. The number of ether oxygens (including phenoxy) is 1. The molecule has 126 valence electrons. The molecular weight excluding hydrogens is 304 g/mol. The second-order valence-electron chi connectivity index (χ2n) is 5.59. The number of hydrogen-bond acceptors (Lipinski definition) is 3. The van der Waals surface area contributed by atoms with Gasteiger partial charge in [-0.1, -0.05) is 23.8 Å². The van der Waals surface area contributed by atoms with Gasteiger partial charge in [-0.25, -0.2) is 0 Å². The molecule has 0 bridgehead atoms. The molecule has 5 heteroatoms. The van der Waals surface area contributed by atoms with Crippen molar-refractivity contribution >= 4 is 17.5 Å². The highest BCUT2D eigenvalue weighted by Gasteiger charge is 2.07. The summed E-state index contributed by atoms with van der Waals surface area (Å²) in [6.45, 7) is 3.95. The molecule has 0 heterocycles. The average Bonchev–Trinajstić information content (AvgIpc) is 2.55. The van der Waals surface area contributed by atoms with Crippen LogP contribution < -0.4 is 15.4 Å². The Labute approximate surface area is 142 Å². The van der Waals surface area contributed by atoms with Crippen LogP contribution in [0, 0.1) is 6.92 Å². The third kappa shape index (κ3) is 4.84. The number of benzene rings is 2. The zero-order chi connectivity index (χ0) is 17.5. The van der Waals surface area contributed by atoms with Crippen LogP contribution in [-0.4, -0.2) is 25.5 Å². The number of rotatable bonds is 6. The Morgan fingerprint density at radius 3 is 2.42 bits per heavy atom. The SMILES string of the molecule is COc1ccc(CCNC(=O)c2ccc(C)cc2)cc1NC(C)=O. The van der Waals surface area contributed by atoms with Crippen LogP contribution in [0.25, 0.3) is 0 Å². The van der Waals surface area contributed by atoms with Crippen LogP contribution in [0.3, 0.4) is 0 Å². The molecule has 2 rings (SSSR count). The zero-order valence-corrected chi connectivity index (χ0v) is 14.2. The van der Waals surface area contributed by atoms with Crippen molar-refractivity contribution in [1.29, 1.82) is 0 Å². The van der Waals surface area contributed by atoms with E-state index in [4.69, 9.17) is 4.74 Å². The van der Waals surface area contributed by atoms with Crippen LogP contribution in [0.5, 0.6) is 5.75 Å². The first kappa shape index (κ1) is 17.5. The van der Waals surface area contributed by atoms with Crippen LogP contribution >= 0.6 is 0 Å². The maximum atomic E-state index is 12.1. The predicted molar refractivity (Wildman–Crippen MR) is 94.5 cm³/mol. The summed E-state index contributed by atoms with van der Waals surface area (Å²) >= 11 is 0. The van der Waals surface area contributed by atoms with Gasteiger partial charge in [-0.15, -0.1) is 0 Å². The van der Waals surface area contributed by atoms with Crippen LogP contribution in [0.2, 0.25) is 0 Å². The molecule has 2 amide bonds. The molecule has 0 aromatic heterocycles. The van der Waals surface area contributed by atoms with Crippen molar-refractivity contribution in [2.75, 3.05) is 19.0 Å². The highest BCUT2D eigenvalue weighted by molar-refractivity contribution is 5.94. The summed E-state index contributed by atoms with van der Waals surface area (Å²) in [5.41, 5.74) is 3.40. The summed E-state index contributed by atoms with van der Waals surface area (Å²) in [4.78, 5) is 23.3. The molecule has 5 nitrogen and oxygen atoms in total. The molecule has 0 unspecified atom stereocenters. The Kier molecular flexibility index (Phi) is 5.95. The maximum Gasteiger partial charge on any atom is 0.251 e. The smallest absolute Gasteiger partial charge is 0.251 e. The van der Waals surface area contributed by atoms with Crippen LogP contribution in [0.1, 0.15) is 28.4 Å². The van der Waals surface area contributed by atoms with Gasteiger partial charge in [0.25, 0.3) is 5.91 Å². The van der Waals surface area contributed by atoms with Gasteiger partial charge in [-0.05, 0) is 43.2 Å². The summed E-state index contributed by atoms with van der Waals surface area (Å²) in [5, 5.41) is 5.64. The van der Waals surface area contributed by atoms with Gasteiger partial charge in [0.2, 0.25) is 5.91 Å². The number of aryl methyl sites for hydroxylation is 1. The topological polar surface area (TPSA) is 67.4 Å². The normalized spacial score (nSPS) is 10.1. The Hall–Kier alpha value is -2.82. The highest BCUT2D eigenvalue weighted by atomic mass is 16.5. The minimum Gasteiger partial charge on any atom is -0.495 e. The molecule has 24 heavy (non-hydrogen) atoms. The monoisotopic (exact) mass is 326 g/mol. The Morgan fingerprint density at radius 2 is 1.79 bits per heavy atom. The fourth-order valence-electron chi connectivity index (χ4n) is 2.33. The van der Waals surface area contributed by atoms with E-state index in [9.17, 15) is 9.59 Å². The van der Waals surface area contributed by atoms with Gasteiger partial charge >= 0.3 is 0 Å². The fourth-order valence-corrected chi connectivity index (χ4v) is 2.33. The van der Waals surface area contributed by atoms with Gasteiger partial charge in [-0.3, -0.25) is 9.59 Å². The number of methoxy groups -OCH3 is 1. The lowest BCUT2D eigenvalue weighted by molar-refractivity contribution is -0.114. The van der Waals surface area contributed by atoms with Crippen LogP contribution in [0.15, 0.2) is 42.5 Å². The number of hydrogen-bond donors (Lipinski definition) is 2. The minimum atomic E-state index is -0.155. The van der Waals surface area contributed by atoms with Gasteiger partial charge in [-0.2, -0.15) is 0 Å². The molecule has 2 aromatic carbocycles. The lowest BCUT2D eigenvalue weighted by Crippen LogP contribution is -2.25. The summed E-state index contributed by atoms with van der Waals surface area (Å²) < 4.78 is 5.23. The second-order valence-corrected chi connectivity index (χ2v) is 5.59. The third-order valence-corrected chi connectivity index (χ3v) is 3.59. The van der Waals surface area contributed by atoms with Gasteiger partial charge in [0.1, 0.15) is 5.75 Å². The lowest BCUT2D eigenvalue weighted by atomic mass is 10.1. The summed E-state index contributed by atoms with van der Waals surface area (Å²) in [5.74, 6) is 0.362. The largest absolute Gasteiger partial charge is 0.495 e. The molecule has 0 fully saturated rings. The van der Waals surface area contributed by atoms with E-state index in [1.165, 1.54) is 6.92 Å². The van der Waals surface area contributed by atoms with E-state index in [2.05, 4.69) is 10.6 Å². The molecule has 0 saturated heterocycles. The fraction of sp³-hybridized carbons (Fsp3) is 0.263. The Balaban J connectivity index is 1.95. The highest BCUT2D eigenvalue weighted by Crippen LogP contribution is 2.25. The number of carbonyl (C=O) groups excluding carboxylic acids is 2. The lowest BCUT2D eigenvalue weighted by Gasteiger charge is -2.11. The third-order valence-electron chi connectivity index (χ3n) is 3.59. The van der Waals surface area contributed by atoms with Crippen molar-refractivity contribution in [1.82, 2.24) is 5.32 Å². The van der Waals surface area contributed by atoms with Gasteiger partial charge in [0.05, 0.1) is 12.8 Å². The second kappa shape index (κ2) is 8.15. The summed E-state index contributed by atoms with van der Waals surface area (Å²) in [6.07, 6.45) is 0.661. The van der Waals surface area contributed by atoms with E-state index in [-0.39, 0.29) is 11.8 Å². The standard InChI is InChI=1S/C19H22N2O3/c1-13-4-7-16(8-5-13)19(23)20-11-10-15-6-9-18(24-3)17(12-15)21-14(2)22/h4-9,12H,10-11H2,1-3H3,(H,20,23)(H,21,22). The molecule has 0 saturated carbocycles. The molecule has 0 atom stereocenters. The van der Waals surface area contributed by atoms with Crippen LogP contribution in [0.4, 0.5) is 5.69 Å². The number of nitrogens with one attached hydrogen (secondary N) is 2. The first-order valence-electron chi connectivity index (χ1n) is 7.79. The van der Waals surface area contributed by atoms with Crippen molar-refractivity contribution in [3.8, 4) is 5.75 Å². The first-order chi connectivity index (χ1) is 11.5. The molecular formula is C19H22N2O3. The first-order valence-corrected chi connectivity index (χ1v) is 7.79. The molecule has 2 aromatic rings. The molecule has 0 radical (unpaired) electrons. The van der Waals surface area contributed by atoms with E-state index >= 15 is 0 Å². The summed E-state index contributed by atoms with van der Waals surface area (Å²) in [6, 6.07) is 13.0. The molecule has 0 spiro atoms. The van der Waals surface area contributed by atoms with Crippen molar-refractivity contribution in [3.05, 3.63) is 59.2 Å². The molecule has 0 aliphatic heterocycles. The minimum absolute atomic E-state index is 0.0920. The van der Waals surface area contributed by atoms with Crippen molar-refractivity contribution < 1.29 is 14.3 Å². The predicted octanol–water partition coefficient (Wildman–Crippen LogP) is 2.93. The van der Waals surface area contributed by atoms with Crippen molar-refractivity contribution in [2.24, 2.45) is 0 Å². The molecule has 0 aliphatic carbocycles. The van der Waals surface area contributed by atoms with E-state index in [1.807, 2.05) is 49.4 Å². The zero-order valence-electron chi connectivity index (χ0n) is 14.2. The van der Waals surface area contributed by atoms with Gasteiger partial charge < -0.3 is 15.4 Å². The summed E-state index contributed by atoms with van der Waals surface area (Å²) in [7, 11) is 1.56. The average molecular weight is 326 g/mol. The van der Waals surface area contributed by atoms with E-state index in [0.29, 0.717) is 30.0 Å². The van der Waals surface area contributed by atoms with Gasteiger partial charge in [0.15, 0.2) is 0 Å². The number of amides is 2.